The number of carbonyl (C=O) groups excluding carboxylic acids is 1. The molecule has 2 aromatic carbocycles. The average molecular weight is 435 g/mol. The first-order chi connectivity index (χ1) is 15.5. The Kier molecular flexibility index (Phi) is 6.11. The molecule has 32 heavy (non-hydrogen) atoms. The molecular weight excluding hydrogens is 412 g/mol. The molecule has 0 unspecified atom stereocenters. The van der Waals surface area contributed by atoms with Crippen molar-refractivity contribution >= 4 is 23.0 Å². The third kappa shape index (κ3) is 4.30. The SMILES string of the molecule is Cc1nn(-c2ccccc2)c(C)c1/C=C/C(=O)NCCc1nc2ccccc2n1C(F)F. The topological polar surface area (TPSA) is 64.7 Å². The lowest BCUT2D eigenvalue weighted by molar-refractivity contribution is -0.116. The highest BCUT2D eigenvalue weighted by Gasteiger charge is 2.17. The van der Waals surface area contributed by atoms with Gasteiger partial charge in [-0.05, 0) is 44.2 Å². The molecule has 0 saturated heterocycles. The Bertz CT molecular complexity index is 1270. The van der Waals surface area contributed by atoms with Gasteiger partial charge in [0, 0.05) is 30.3 Å². The Hall–Kier alpha value is -3.81. The van der Waals surface area contributed by atoms with Crippen molar-refractivity contribution in [3.05, 3.63) is 83.4 Å². The predicted octanol–water partition coefficient (Wildman–Crippen LogP) is 4.61. The second kappa shape index (κ2) is 9.13. The first-order valence-electron chi connectivity index (χ1n) is 10.3. The van der Waals surface area contributed by atoms with Crippen molar-refractivity contribution in [2.75, 3.05) is 6.54 Å². The van der Waals surface area contributed by atoms with E-state index in [-0.39, 0.29) is 24.7 Å². The maximum atomic E-state index is 13.5. The van der Waals surface area contributed by atoms with E-state index in [2.05, 4.69) is 15.4 Å². The molecule has 164 valence electrons. The summed E-state index contributed by atoms with van der Waals surface area (Å²) in [6.45, 7) is 1.33. The molecule has 1 amide bonds. The maximum Gasteiger partial charge on any atom is 0.320 e. The van der Waals surface area contributed by atoms with Gasteiger partial charge in [0.1, 0.15) is 5.82 Å². The second-order valence-electron chi connectivity index (χ2n) is 7.37. The molecule has 0 aliphatic heterocycles. The number of aromatic nitrogens is 4. The number of nitrogens with zero attached hydrogens (tertiary/aromatic N) is 4. The minimum atomic E-state index is -2.69. The number of nitrogens with one attached hydrogen (secondary N) is 1. The van der Waals surface area contributed by atoms with Gasteiger partial charge in [-0.1, -0.05) is 30.3 Å². The van der Waals surface area contributed by atoms with E-state index in [1.165, 1.54) is 6.08 Å². The molecule has 0 atom stereocenters. The van der Waals surface area contributed by atoms with Gasteiger partial charge in [-0.3, -0.25) is 9.36 Å². The number of carbonyl (C=O) groups is 1. The van der Waals surface area contributed by atoms with Gasteiger partial charge in [-0.2, -0.15) is 13.9 Å². The van der Waals surface area contributed by atoms with E-state index in [9.17, 15) is 13.6 Å². The number of rotatable bonds is 7. The molecule has 2 aromatic heterocycles. The zero-order chi connectivity index (χ0) is 22.7. The van der Waals surface area contributed by atoms with Crippen LogP contribution in [0.4, 0.5) is 8.78 Å². The van der Waals surface area contributed by atoms with Gasteiger partial charge in [0.15, 0.2) is 0 Å². The smallest absolute Gasteiger partial charge is 0.320 e. The van der Waals surface area contributed by atoms with Crippen LogP contribution in [0.15, 0.2) is 60.7 Å². The highest BCUT2D eigenvalue weighted by Crippen LogP contribution is 2.23. The second-order valence-corrected chi connectivity index (χ2v) is 7.37. The molecule has 2 heterocycles. The third-order valence-electron chi connectivity index (χ3n) is 5.26. The molecule has 0 saturated carbocycles. The molecule has 0 aliphatic carbocycles. The van der Waals surface area contributed by atoms with E-state index < -0.39 is 6.55 Å². The molecule has 4 rings (SSSR count). The van der Waals surface area contributed by atoms with Crippen molar-refractivity contribution in [1.29, 1.82) is 0 Å². The van der Waals surface area contributed by atoms with Crippen LogP contribution in [0.5, 0.6) is 0 Å². The monoisotopic (exact) mass is 435 g/mol. The quantitative estimate of drug-likeness (QED) is 0.431. The van der Waals surface area contributed by atoms with Crippen molar-refractivity contribution in [2.45, 2.75) is 26.8 Å². The average Bonchev–Trinajstić information content (AvgIpc) is 3.29. The molecule has 6 nitrogen and oxygen atoms in total. The van der Waals surface area contributed by atoms with Crippen LogP contribution in [0.25, 0.3) is 22.8 Å². The zero-order valence-electron chi connectivity index (χ0n) is 17.8. The minimum absolute atomic E-state index is 0.195. The van der Waals surface area contributed by atoms with Gasteiger partial charge in [0.05, 0.1) is 22.4 Å². The van der Waals surface area contributed by atoms with Crippen LogP contribution in [-0.4, -0.2) is 31.8 Å². The summed E-state index contributed by atoms with van der Waals surface area (Å²) in [6.07, 6.45) is 3.35. The van der Waals surface area contributed by atoms with E-state index in [0.717, 1.165) is 27.2 Å². The van der Waals surface area contributed by atoms with Gasteiger partial charge >= 0.3 is 6.55 Å². The zero-order valence-corrected chi connectivity index (χ0v) is 17.8. The number of hydrogen-bond acceptors (Lipinski definition) is 3. The lowest BCUT2D eigenvalue weighted by Crippen LogP contribution is -2.24. The summed E-state index contributed by atoms with van der Waals surface area (Å²) in [6, 6.07) is 16.5. The summed E-state index contributed by atoms with van der Waals surface area (Å²) < 4.78 is 29.7. The van der Waals surface area contributed by atoms with Gasteiger partial charge in [0.2, 0.25) is 5.91 Å². The summed E-state index contributed by atoms with van der Waals surface area (Å²) in [4.78, 5) is 16.6. The van der Waals surface area contributed by atoms with Crippen molar-refractivity contribution in [3.8, 4) is 5.69 Å². The highest BCUT2D eigenvalue weighted by molar-refractivity contribution is 5.92. The van der Waals surface area contributed by atoms with Crippen LogP contribution in [0.3, 0.4) is 0 Å². The van der Waals surface area contributed by atoms with Crippen molar-refractivity contribution in [3.63, 3.8) is 0 Å². The van der Waals surface area contributed by atoms with Gasteiger partial charge in [0.25, 0.3) is 0 Å². The van der Waals surface area contributed by atoms with Crippen LogP contribution in [0, 0.1) is 13.8 Å². The predicted molar refractivity (Wildman–Crippen MR) is 120 cm³/mol. The Balaban J connectivity index is 1.42. The molecule has 0 spiro atoms. The molecular formula is C24H23F2N5O. The number of alkyl halides is 2. The van der Waals surface area contributed by atoms with Gasteiger partial charge in [-0.25, -0.2) is 9.67 Å². The number of hydrogen-bond donors (Lipinski definition) is 1. The third-order valence-corrected chi connectivity index (χ3v) is 5.26. The van der Waals surface area contributed by atoms with E-state index >= 15 is 0 Å². The van der Waals surface area contributed by atoms with Gasteiger partial charge in [-0.15, -0.1) is 0 Å². The van der Waals surface area contributed by atoms with Crippen LogP contribution in [0.2, 0.25) is 0 Å². The Morgan fingerprint density at radius 3 is 2.56 bits per heavy atom. The minimum Gasteiger partial charge on any atom is -0.352 e. The number of para-hydroxylation sites is 3. The fraction of sp³-hybridized carbons (Fsp3) is 0.208. The first-order valence-corrected chi connectivity index (χ1v) is 10.3. The Morgan fingerprint density at radius 2 is 1.81 bits per heavy atom. The van der Waals surface area contributed by atoms with E-state index in [0.29, 0.717) is 11.0 Å². The molecule has 8 heteroatoms. The van der Waals surface area contributed by atoms with Crippen molar-refractivity contribution < 1.29 is 13.6 Å². The summed E-state index contributed by atoms with van der Waals surface area (Å²) in [7, 11) is 0. The highest BCUT2D eigenvalue weighted by atomic mass is 19.3. The molecule has 1 N–H and O–H groups in total. The summed E-state index contributed by atoms with van der Waals surface area (Å²) in [5, 5.41) is 7.30. The maximum absolute atomic E-state index is 13.5. The Morgan fingerprint density at radius 1 is 1.09 bits per heavy atom. The van der Waals surface area contributed by atoms with Crippen LogP contribution < -0.4 is 5.32 Å². The summed E-state index contributed by atoms with van der Waals surface area (Å²) >= 11 is 0. The van der Waals surface area contributed by atoms with Crippen molar-refractivity contribution in [2.24, 2.45) is 0 Å². The normalized spacial score (nSPS) is 11.7. The Labute approximate surface area is 184 Å². The molecule has 0 bridgehead atoms. The number of fused-ring (bicyclic) bond motifs is 1. The summed E-state index contributed by atoms with van der Waals surface area (Å²) in [5.41, 5.74) is 4.42. The largest absolute Gasteiger partial charge is 0.352 e. The number of halogens is 2. The summed E-state index contributed by atoms with van der Waals surface area (Å²) in [5.74, 6) is -0.0720. The van der Waals surface area contributed by atoms with Crippen LogP contribution in [0.1, 0.15) is 29.3 Å². The fourth-order valence-corrected chi connectivity index (χ4v) is 3.72. The van der Waals surface area contributed by atoms with Crippen LogP contribution >= 0.6 is 0 Å². The fourth-order valence-electron chi connectivity index (χ4n) is 3.72. The lowest BCUT2D eigenvalue weighted by atomic mass is 10.2. The lowest BCUT2D eigenvalue weighted by Gasteiger charge is -2.08. The molecule has 0 aliphatic rings. The van der Waals surface area contributed by atoms with Crippen molar-refractivity contribution in [1.82, 2.24) is 24.6 Å². The number of benzene rings is 2. The van der Waals surface area contributed by atoms with E-state index in [1.54, 1.807) is 30.3 Å². The number of imidazole rings is 1. The molecule has 0 fully saturated rings. The van der Waals surface area contributed by atoms with E-state index in [4.69, 9.17) is 0 Å². The standard InChI is InChI=1S/C24H23F2N5O/c1-16-19(17(2)31(29-16)18-8-4-3-5-9-18)12-13-23(32)27-15-14-22-28-20-10-6-7-11-21(20)30(22)24(25)26/h3-13,24H,14-15H2,1-2H3,(H,27,32)/b13-12+. The molecule has 0 radical (unpaired) electrons. The first kappa shape index (κ1) is 21.4. The van der Waals surface area contributed by atoms with E-state index in [1.807, 2.05) is 48.9 Å². The van der Waals surface area contributed by atoms with Gasteiger partial charge < -0.3 is 5.32 Å². The molecule has 4 aromatic rings. The number of amides is 1. The number of aryl methyl sites for hydroxylation is 1. The van der Waals surface area contributed by atoms with Crippen LogP contribution in [-0.2, 0) is 11.2 Å².